The molecule has 0 spiro atoms. The van der Waals surface area contributed by atoms with Crippen LogP contribution in [0.5, 0.6) is 0 Å². The van der Waals surface area contributed by atoms with Crippen molar-refractivity contribution in [1.82, 2.24) is 0 Å². The predicted molar refractivity (Wildman–Crippen MR) is 118 cm³/mol. The highest BCUT2D eigenvalue weighted by Gasteiger charge is 2.39. The Morgan fingerprint density at radius 2 is 1.59 bits per heavy atom. The van der Waals surface area contributed by atoms with Gasteiger partial charge in [0, 0.05) is 17.5 Å². The highest BCUT2D eigenvalue weighted by atomic mass is 28.3. The minimum atomic E-state index is -1.38. The average molecular weight is 373 g/mol. The number of aromatic nitrogens is 1. The Morgan fingerprint density at radius 1 is 0.889 bits per heavy atom. The molecule has 2 heteroatoms. The molecule has 0 amide bonds. The Balaban J connectivity index is 2.07. The van der Waals surface area contributed by atoms with Crippen molar-refractivity contribution in [3.63, 3.8) is 0 Å². The molecule has 1 heterocycles. The number of rotatable bonds is 2. The number of aryl methyl sites for hydroxylation is 2. The molecule has 1 aliphatic carbocycles. The van der Waals surface area contributed by atoms with Crippen molar-refractivity contribution in [3.05, 3.63) is 71.4 Å². The molecule has 0 fully saturated rings. The van der Waals surface area contributed by atoms with Crippen LogP contribution in [0.25, 0.3) is 22.4 Å². The molecular weight excluding hydrogens is 342 g/mol. The topological polar surface area (TPSA) is 3.88 Å². The fraction of sp³-hybridized carbons (Fsp3) is 0.320. The van der Waals surface area contributed by atoms with Crippen LogP contribution < -0.4 is 9.75 Å². The molecule has 2 aromatic carbocycles. The highest BCUT2D eigenvalue weighted by molar-refractivity contribution is 6.88. The van der Waals surface area contributed by atoms with E-state index in [1.807, 2.05) is 0 Å². The molecule has 3 aromatic rings. The number of hydrogen-bond donors (Lipinski definition) is 0. The molecular formula is C25H30NSi+. The Morgan fingerprint density at radius 3 is 2.30 bits per heavy atom. The van der Waals surface area contributed by atoms with Gasteiger partial charge in [0.05, 0.1) is 13.6 Å². The fourth-order valence-corrected chi connectivity index (χ4v) is 5.74. The van der Waals surface area contributed by atoms with E-state index in [1.54, 1.807) is 0 Å². The number of benzene rings is 2. The molecule has 0 atom stereocenters. The monoisotopic (exact) mass is 372 g/mol. The molecule has 1 aliphatic rings. The van der Waals surface area contributed by atoms with Crippen LogP contribution in [0.2, 0.25) is 19.6 Å². The lowest BCUT2D eigenvalue weighted by atomic mass is 9.78. The first-order chi connectivity index (χ1) is 12.6. The predicted octanol–water partition coefficient (Wildman–Crippen LogP) is 5.34. The van der Waals surface area contributed by atoms with Crippen molar-refractivity contribution >= 4 is 13.3 Å². The van der Waals surface area contributed by atoms with Gasteiger partial charge >= 0.3 is 0 Å². The van der Waals surface area contributed by atoms with E-state index in [0.29, 0.717) is 0 Å². The molecule has 0 unspecified atom stereocenters. The maximum Gasteiger partial charge on any atom is 0.212 e. The smallest absolute Gasteiger partial charge is 0.201 e. The van der Waals surface area contributed by atoms with Crippen LogP contribution in [-0.2, 0) is 12.5 Å². The average Bonchev–Trinajstić information content (AvgIpc) is 2.83. The SMILES string of the molecule is Cc1ccc2c(c1-c1cc([Si](C)(C)C)cc[n+]1C)C(C)(C)c1ccccc1-2. The zero-order valence-corrected chi connectivity index (χ0v) is 18.6. The standard InChI is InChI=1S/C25H30NSi/c1-17-12-13-20-19-10-8-9-11-21(19)25(2,3)24(20)23(17)22-16-18(27(5,6)7)14-15-26(22)4/h8-16H,1-7H3/q+1. The Labute approximate surface area is 164 Å². The summed E-state index contributed by atoms with van der Waals surface area (Å²) in [4.78, 5) is 0. The van der Waals surface area contributed by atoms with Crippen LogP contribution in [0.4, 0.5) is 0 Å². The normalized spacial score (nSPS) is 14.8. The van der Waals surface area contributed by atoms with Crippen LogP contribution >= 0.6 is 0 Å². The number of fused-ring (bicyclic) bond motifs is 3. The molecule has 0 saturated carbocycles. The fourth-order valence-electron chi connectivity index (χ4n) is 4.59. The van der Waals surface area contributed by atoms with Crippen molar-refractivity contribution in [3.8, 4) is 22.4 Å². The van der Waals surface area contributed by atoms with E-state index in [4.69, 9.17) is 0 Å². The molecule has 0 saturated heterocycles. The lowest BCUT2D eigenvalue weighted by Gasteiger charge is -2.25. The van der Waals surface area contributed by atoms with Gasteiger partial charge < -0.3 is 0 Å². The molecule has 0 N–H and O–H groups in total. The van der Waals surface area contributed by atoms with Gasteiger partial charge in [-0.05, 0) is 39.9 Å². The molecule has 138 valence electrons. The van der Waals surface area contributed by atoms with Gasteiger partial charge in [0.25, 0.3) is 0 Å². The van der Waals surface area contributed by atoms with E-state index >= 15 is 0 Å². The summed E-state index contributed by atoms with van der Waals surface area (Å²) >= 11 is 0. The van der Waals surface area contributed by atoms with Gasteiger partial charge in [-0.2, -0.15) is 0 Å². The first-order valence-corrected chi connectivity index (χ1v) is 13.4. The highest BCUT2D eigenvalue weighted by Crippen LogP contribution is 2.52. The molecule has 1 nitrogen and oxygen atoms in total. The van der Waals surface area contributed by atoms with Crippen molar-refractivity contribution in [2.24, 2.45) is 7.05 Å². The number of hydrogen-bond acceptors (Lipinski definition) is 0. The lowest BCUT2D eigenvalue weighted by molar-refractivity contribution is -0.660. The quantitative estimate of drug-likeness (QED) is 0.422. The van der Waals surface area contributed by atoms with Crippen LogP contribution in [0, 0.1) is 6.92 Å². The van der Waals surface area contributed by atoms with E-state index in [9.17, 15) is 0 Å². The van der Waals surface area contributed by atoms with E-state index in [1.165, 1.54) is 44.3 Å². The van der Waals surface area contributed by atoms with Crippen molar-refractivity contribution in [2.45, 2.75) is 45.8 Å². The maximum absolute atomic E-state index is 2.45. The van der Waals surface area contributed by atoms with Crippen molar-refractivity contribution < 1.29 is 4.57 Å². The lowest BCUT2D eigenvalue weighted by Crippen LogP contribution is -2.42. The third-order valence-corrected chi connectivity index (χ3v) is 8.24. The van der Waals surface area contributed by atoms with E-state index < -0.39 is 8.07 Å². The van der Waals surface area contributed by atoms with Crippen LogP contribution in [-0.4, -0.2) is 8.07 Å². The third kappa shape index (κ3) is 2.70. The van der Waals surface area contributed by atoms with Gasteiger partial charge in [-0.3, -0.25) is 0 Å². The Hall–Kier alpha value is -2.19. The van der Waals surface area contributed by atoms with Gasteiger partial charge in [0.2, 0.25) is 5.69 Å². The first kappa shape index (κ1) is 18.2. The van der Waals surface area contributed by atoms with Gasteiger partial charge in [-0.25, -0.2) is 4.57 Å². The first-order valence-electron chi connectivity index (χ1n) is 9.87. The second kappa shape index (κ2) is 5.90. The Kier molecular flexibility index (Phi) is 3.97. The summed E-state index contributed by atoms with van der Waals surface area (Å²) in [5, 5.41) is 1.51. The van der Waals surface area contributed by atoms with E-state index in [-0.39, 0.29) is 5.41 Å². The zero-order valence-electron chi connectivity index (χ0n) is 17.6. The van der Waals surface area contributed by atoms with Crippen molar-refractivity contribution in [1.29, 1.82) is 0 Å². The van der Waals surface area contributed by atoms with Crippen LogP contribution in [0.15, 0.2) is 54.7 Å². The maximum atomic E-state index is 2.45. The summed E-state index contributed by atoms with van der Waals surface area (Å²) in [7, 11) is 0.802. The number of nitrogens with zero attached hydrogens (tertiary/aromatic N) is 1. The van der Waals surface area contributed by atoms with Gasteiger partial charge in [-0.15, -0.1) is 0 Å². The second-order valence-corrected chi connectivity index (χ2v) is 14.6. The summed E-state index contributed by atoms with van der Waals surface area (Å²) in [6.45, 7) is 14.3. The van der Waals surface area contributed by atoms with E-state index in [0.717, 1.165) is 0 Å². The van der Waals surface area contributed by atoms with Gasteiger partial charge in [0.15, 0.2) is 6.20 Å². The summed E-state index contributed by atoms with van der Waals surface area (Å²) < 4.78 is 2.30. The number of pyridine rings is 1. The summed E-state index contributed by atoms with van der Waals surface area (Å²) in [5.41, 5.74) is 9.83. The molecule has 1 aromatic heterocycles. The summed E-state index contributed by atoms with van der Waals surface area (Å²) in [6, 6.07) is 18.3. The summed E-state index contributed by atoms with van der Waals surface area (Å²) in [6.07, 6.45) is 2.25. The molecule has 0 radical (unpaired) electrons. The second-order valence-electron chi connectivity index (χ2n) is 9.51. The van der Waals surface area contributed by atoms with Gasteiger partial charge in [0.1, 0.15) is 7.05 Å². The largest absolute Gasteiger partial charge is 0.212 e. The summed E-state index contributed by atoms with van der Waals surface area (Å²) in [5.74, 6) is 0. The minimum absolute atomic E-state index is 0.00937. The third-order valence-electron chi connectivity index (χ3n) is 6.20. The van der Waals surface area contributed by atoms with Crippen molar-refractivity contribution in [2.75, 3.05) is 0 Å². The molecule has 0 bridgehead atoms. The van der Waals surface area contributed by atoms with Gasteiger partial charge in [-0.1, -0.05) is 69.9 Å². The minimum Gasteiger partial charge on any atom is -0.201 e. The van der Waals surface area contributed by atoms with Crippen LogP contribution in [0.3, 0.4) is 0 Å². The molecule has 27 heavy (non-hydrogen) atoms. The van der Waals surface area contributed by atoms with Crippen LogP contribution in [0.1, 0.15) is 30.5 Å². The van der Waals surface area contributed by atoms with E-state index in [2.05, 4.69) is 107 Å². The molecule has 0 aliphatic heterocycles. The Bertz CT molecular complexity index is 1050. The zero-order chi connectivity index (χ0) is 19.6. The molecule has 4 rings (SSSR count).